The summed E-state index contributed by atoms with van der Waals surface area (Å²) in [7, 11) is 0. The molecule has 4 atom stereocenters. The number of carbonyl (C=O) groups is 2. The van der Waals surface area contributed by atoms with Gasteiger partial charge in [0.2, 0.25) is 5.91 Å². The van der Waals surface area contributed by atoms with Gasteiger partial charge in [-0.05, 0) is 52.7 Å². The molecule has 3 aliphatic carbocycles. The number of fused-ring (bicyclic) bond motifs is 2. The van der Waals surface area contributed by atoms with Crippen molar-refractivity contribution in [3.05, 3.63) is 40.9 Å². The molecule has 110 valence electrons. The van der Waals surface area contributed by atoms with Crippen LogP contribution in [0.5, 0.6) is 0 Å². The molecule has 1 aromatic carbocycles. The molecule has 2 bridgehead atoms. The lowest BCUT2D eigenvalue weighted by atomic mass is 9.62. The number of rotatable bonds is 3. The molecule has 0 aromatic heterocycles. The summed E-state index contributed by atoms with van der Waals surface area (Å²) in [5.41, 5.74) is 0.678. The van der Waals surface area contributed by atoms with E-state index in [0.717, 1.165) is 17.3 Å². The zero-order valence-electron chi connectivity index (χ0n) is 11.3. The summed E-state index contributed by atoms with van der Waals surface area (Å²) in [6, 6.07) is 7.35. The number of hydrogen-bond acceptors (Lipinski definition) is 2. The summed E-state index contributed by atoms with van der Waals surface area (Å²) < 4.78 is 0.793. The van der Waals surface area contributed by atoms with Gasteiger partial charge in [0, 0.05) is 4.47 Å². The fourth-order valence-electron chi connectivity index (χ4n) is 3.47. The molecule has 2 N–H and O–H groups in total. The van der Waals surface area contributed by atoms with Gasteiger partial charge in [0.25, 0.3) is 0 Å². The molecule has 1 saturated carbocycles. The Morgan fingerprint density at radius 2 is 1.71 bits per heavy atom. The Morgan fingerprint density at radius 1 is 1.10 bits per heavy atom. The van der Waals surface area contributed by atoms with Gasteiger partial charge < -0.3 is 10.4 Å². The quantitative estimate of drug-likeness (QED) is 0.822. The van der Waals surface area contributed by atoms with Crippen LogP contribution in [0, 0.1) is 23.7 Å². The number of hydrogen-bond donors (Lipinski definition) is 2. The van der Waals surface area contributed by atoms with E-state index in [2.05, 4.69) is 21.2 Å². The molecule has 0 heterocycles. The van der Waals surface area contributed by atoms with E-state index in [9.17, 15) is 14.7 Å². The van der Waals surface area contributed by atoms with E-state index in [-0.39, 0.29) is 17.7 Å². The van der Waals surface area contributed by atoms with Crippen LogP contribution in [0.15, 0.2) is 40.9 Å². The number of para-hydroxylation sites is 1. The van der Waals surface area contributed by atoms with Crippen LogP contribution >= 0.6 is 15.9 Å². The minimum atomic E-state index is -0.874. The third-order valence-corrected chi connectivity index (χ3v) is 5.16. The maximum absolute atomic E-state index is 12.6. The van der Waals surface area contributed by atoms with E-state index >= 15 is 0 Å². The topological polar surface area (TPSA) is 66.4 Å². The number of nitrogens with one attached hydrogen (secondary N) is 1. The van der Waals surface area contributed by atoms with Crippen molar-refractivity contribution in [2.45, 2.75) is 12.8 Å². The van der Waals surface area contributed by atoms with Crippen LogP contribution in [0.25, 0.3) is 0 Å². The average molecular weight is 350 g/mol. The highest BCUT2D eigenvalue weighted by molar-refractivity contribution is 9.10. The molecule has 3 aliphatic rings. The minimum Gasteiger partial charge on any atom is -0.481 e. The average Bonchev–Trinajstić information content (AvgIpc) is 2.49. The monoisotopic (exact) mass is 349 g/mol. The first-order valence-electron chi connectivity index (χ1n) is 7.04. The van der Waals surface area contributed by atoms with E-state index in [1.54, 1.807) is 6.07 Å². The summed E-state index contributed by atoms with van der Waals surface area (Å²) in [4.78, 5) is 24.2. The SMILES string of the molecule is O=C(O)[C@@H]1[C@@H](C(=O)Nc2ccccc2Br)[C@H]2C=C[C@H]1CC2. The molecule has 0 unspecified atom stereocenters. The number of anilines is 1. The predicted octanol–water partition coefficient (Wildman–Crippen LogP) is 3.30. The zero-order valence-corrected chi connectivity index (χ0v) is 12.9. The van der Waals surface area contributed by atoms with Gasteiger partial charge in [0.15, 0.2) is 0 Å². The molecule has 0 radical (unpaired) electrons. The van der Waals surface area contributed by atoms with Gasteiger partial charge in [0.05, 0.1) is 17.5 Å². The largest absolute Gasteiger partial charge is 0.481 e. The van der Waals surface area contributed by atoms with Gasteiger partial charge in [-0.2, -0.15) is 0 Å². The van der Waals surface area contributed by atoms with Crippen LogP contribution in [0.1, 0.15) is 12.8 Å². The van der Waals surface area contributed by atoms with Gasteiger partial charge in [-0.3, -0.25) is 9.59 Å². The lowest BCUT2D eigenvalue weighted by Crippen LogP contribution is -2.47. The molecule has 1 aromatic rings. The first kappa shape index (κ1) is 14.3. The van der Waals surface area contributed by atoms with Gasteiger partial charge >= 0.3 is 5.97 Å². The third-order valence-electron chi connectivity index (χ3n) is 4.47. The van der Waals surface area contributed by atoms with Crippen LogP contribution in [-0.2, 0) is 9.59 Å². The van der Waals surface area contributed by atoms with Gasteiger partial charge in [-0.25, -0.2) is 0 Å². The molecule has 0 spiro atoms. The first-order valence-corrected chi connectivity index (χ1v) is 7.84. The van der Waals surface area contributed by atoms with Crippen molar-refractivity contribution in [1.82, 2.24) is 0 Å². The lowest BCUT2D eigenvalue weighted by Gasteiger charge is -2.41. The summed E-state index contributed by atoms with van der Waals surface area (Å²) in [6.07, 6.45) is 5.73. The number of carboxylic acids is 1. The second kappa shape index (κ2) is 5.64. The van der Waals surface area contributed by atoms with Crippen molar-refractivity contribution in [3.8, 4) is 0 Å². The highest BCUT2D eigenvalue weighted by atomic mass is 79.9. The van der Waals surface area contributed by atoms with Crippen molar-refractivity contribution in [2.24, 2.45) is 23.7 Å². The number of carbonyl (C=O) groups excluding carboxylic acids is 1. The Kier molecular flexibility index (Phi) is 3.85. The van der Waals surface area contributed by atoms with E-state index in [1.165, 1.54) is 0 Å². The zero-order chi connectivity index (χ0) is 15.0. The number of carboxylic acid groups (broad SMARTS) is 1. The molecular formula is C16H16BrNO3. The number of aliphatic carboxylic acids is 1. The maximum atomic E-state index is 12.6. The van der Waals surface area contributed by atoms with Crippen molar-refractivity contribution in [1.29, 1.82) is 0 Å². The van der Waals surface area contributed by atoms with Crippen LogP contribution < -0.4 is 5.32 Å². The molecule has 4 nitrogen and oxygen atoms in total. The van der Waals surface area contributed by atoms with Crippen molar-refractivity contribution < 1.29 is 14.7 Å². The molecule has 4 rings (SSSR count). The molecule has 1 fully saturated rings. The van der Waals surface area contributed by atoms with E-state index in [4.69, 9.17) is 0 Å². The van der Waals surface area contributed by atoms with E-state index < -0.39 is 17.8 Å². The van der Waals surface area contributed by atoms with Crippen molar-refractivity contribution >= 4 is 33.5 Å². The van der Waals surface area contributed by atoms with Gasteiger partial charge in [0.1, 0.15) is 0 Å². The van der Waals surface area contributed by atoms with E-state index in [1.807, 2.05) is 30.4 Å². The molecular weight excluding hydrogens is 334 g/mol. The van der Waals surface area contributed by atoms with Crippen LogP contribution in [0.4, 0.5) is 5.69 Å². The Hall–Kier alpha value is -1.62. The van der Waals surface area contributed by atoms with Crippen LogP contribution in [-0.4, -0.2) is 17.0 Å². The Labute approximate surface area is 131 Å². The van der Waals surface area contributed by atoms with E-state index in [0.29, 0.717) is 5.69 Å². The van der Waals surface area contributed by atoms with Crippen molar-refractivity contribution in [2.75, 3.05) is 5.32 Å². The minimum absolute atomic E-state index is 0.0255. The van der Waals surface area contributed by atoms with Crippen LogP contribution in [0.3, 0.4) is 0 Å². The fourth-order valence-corrected chi connectivity index (χ4v) is 3.85. The number of amides is 1. The van der Waals surface area contributed by atoms with Gasteiger partial charge in [-0.15, -0.1) is 0 Å². The standard InChI is InChI=1S/C16H16BrNO3/c17-11-3-1-2-4-12(11)18-15(19)13-9-5-7-10(8-6-9)14(13)16(20)21/h1-5,7,9-10,13-14H,6,8H2,(H,18,19)(H,20,21)/t9-,10-,13-,14-/m0/s1. The van der Waals surface area contributed by atoms with Gasteiger partial charge in [-0.1, -0.05) is 24.3 Å². The smallest absolute Gasteiger partial charge is 0.307 e. The summed E-state index contributed by atoms with van der Waals surface area (Å²) in [5, 5.41) is 12.3. The summed E-state index contributed by atoms with van der Waals surface area (Å²) in [6.45, 7) is 0. The molecule has 5 heteroatoms. The Morgan fingerprint density at radius 3 is 2.29 bits per heavy atom. The Bertz CT molecular complexity index is 613. The number of allylic oxidation sites excluding steroid dienone is 2. The second-order valence-corrected chi connectivity index (χ2v) is 6.50. The van der Waals surface area contributed by atoms with Crippen molar-refractivity contribution in [3.63, 3.8) is 0 Å². The molecule has 1 amide bonds. The fraction of sp³-hybridized carbons (Fsp3) is 0.375. The predicted molar refractivity (Wildman–Crippen MR) is 82.7 cm³/mol. The van der Waals surface area contributed by atoms with Crippen LogP contribution in [0.2, 0.25) is 0 Å². The Balaban J connectivity index is 1.85. The summed E-state index contributed by atoms with van der Waals surface area (Å²) in [5.74, 6) is -2.18. The third kappa shape index (κ3) is 2.62. The first-order chi connectivity index (χ1) is 10.1. The highest BCUT2D eigenvalue weighted by Gasteiger charge is 2.48. The lowest BCUT2D eigenvalue weighted by molar-refractivity contribution is -0.151. The maximum Gasteiger partial charge on any atom is 0.307 e. The molecule has 21 heavy (non-hydrogen) atoms. The highest BCUT2D eigenvalue weighted by Crippen LogP contribution is 2.45. The molecule has 0 saturated heterocycles. The second-order valence-electron chi connectivity index (χ2n) is 5.65. The number of benzene rings is 1. The summed E-state index contributed by atoms with van der Waals surface area (Å²) >= 11 is 3.39. The number of halogens is 1. The molecule has 0 aliphatic heterocycles. The normalized spacial score (nSPS) is 30.1.